The highest BCUT2D eigenvalue weighted by Gasteiger charge is 2.27. The van der Waals surface area contributed by atoms with Crippen LogP contribution < -0.4 is 11.1 Å². The molecule has 0 atom stereocenters. The van der Waals surface area contributed by atoms with E-state index in [9.17, 15) is 5.11 Å². The summed E-state index contributed by atoms with van der Waals surface area (Å²) >= 11 is 5.72. The van der Waals surface area contributed by atoms with Crippen molar-refractivity contribution in [3.63, 3.8) is 0 Å². The third-order valence-corrected chi connectivity index (χ3v) is 3.59. The Morgan fingerprint density at radius 3 is 2.67 bits per heavy atom. The maximum atomic E-state index is 10.5. The van der Waals surface area contributed by atoms with Crippen LogP contribution in [0.5, 0.6) is 0 Å². The van der Waals surface area contributed by atoms with Crippen molar-refractivity contribution in [1.29, 1.82) is 0 Å². The first-order chi connectivity index (χ1) is 8.59. The van der Waals surface area contributed by atoms with Crippen LogP contribution >= 0.6 is 11.6 Å². The minimum atomic E-state index is -0.666. The Bertz CT molecular complexity index is 405. The zero-order valence-electron chi connectivity index (χ0n) is 10.3. The van der Waals surface area contributed by atoms with Crippen LogP contribution in [-0.4, -0.2) is 27.2 Å². The van der Waals surface area contributed by atoms with E-state index in [0.717, 1.165) is 25.7 Å². The molecule has 0 aromatic carbocycles. The van der Waals surface area contributed by atoms with Crippen LogP contribution in [0.15, 0.2) is 6.20 Å². The molecule has 0 aliphatic heterocycles. The van der Waals surface area contributed by atoms with E-state index in [1.54, 1.807) is 0 Å². The van der Waals surface area contributed by atoms with Crippen LogP contribution in [0.2, 0.25) is 5.28 Å². The Balaban J connectivity index is 1.99. The Hall–Kier alpha value is -1.07. The van der Waals surface area contributed by atoms with E-state index in [1.165, 1.54) is 19.0 Å². The highest BCUT2D eigenvalue weighted by molar-refractivity contribution is 6.28. The molecule has 6 heteroatoms. The molecule has 1 aromatic rings. The molecule has 4 N–H and O–H groups in total. The van der Waals surface area contributed by atoms with Gasteiger partial charge in [-0.25, -0.2) is 4.98 Å². The normalized spacial score (nSPS) is 19.2. The van der Waals surface area contributed by atoms with E-state index < -0.39 is 5.60 Å². The van der Waals surface area contributed by atoms with Crippen molar-refractivity contribution in [2.24, 2.45) is 0 Å². The smallest absolute Gasteiger partial charge is 0.224 e. The minimum absolute atomic E-state index is 0.152. The Labute approximate surface area is 112 Å². The van der Waals surface area contributed by atoms with E-state index in [-0.39, 0.29) is 5.28 Å². The van der Waals surface area contributed by atoms with Gasteiger partial charge < -0.3 is 16.2 Å². The number of nitrogens with zero attached hydrogens (tertiary/aromatic N) is 2. The molecular formula is C12H19ClN4O. The molecule has 2 rings (SSSR count). The second kappa shape index (κ2) is 5.71. The number of nitrogen functional groups attached to an aromatic ring is 1. The first-order valence-corrected chi connectivity index (χ1v) is 6.71. The van der Waals surface area contributed by atoms with Crippen molar-refractivity contribution in [2.45, 2.75) is 44.1 Å². The van der Waals surface area contributed by atoms with Crippen molar-refractivity contribution in [1.82, 2.24) is 9.97 Å². The van der Waals surface area contributed by atoms with E-state index in [2.05, 4.69) is 15.3 Å². The van der Waals surface area contributed by atoms with Gasteiger partial charge in [-0.15, -0.1) is 0 Å². The largest absolute Gasteiger partial charge is 0.394 e. The number of hydrogen-bond acceptors (Lipinski definition) is 5. The molecule has 1 aromatic heterocycles. The monoisotopic (exact) mass is 270 g/mol. The summed E-state index contributed by atoms with van der Waals surface area (Å²) in [5.74, 6) is 0.493. The molecule has 0 spiro atoms. The lowest BCUT2D eigenvalue weighted by Gasteiger charge is -2.27. The van der Waals surface area contributed by atoms with Gasteiger partial charge in [-0.05, 0) is 24.4 Å². The summed E-state index contributed by atoms with van der Waals surface area (Å²) in [6, 6.07) is 0. The standard InChI is InChI=1S/C12H19ClN4O/c13-11-15-7-9(14)10(17-11)16-8-12(18)5-3-1-2-4-6-12/h7,18H,1-6,8,14H2,(H,15,16,17). The lowest BCUT2D eigenvalue weighted by molar-refractivity contribution is 0.0380. The zero-order chi connectivity index (χ0) is 13.0. The summed E-state index contributed by atoms with van der Waals surface area (Å²) in [6.07, 6.45) is 7.64. The summed E-state index contributed by atoms with van der Waals surface area (Å²) in [4.78, 5) is 7.81. The molecule has 5 nitrogen and oxygen atoms in total. The quantitative estimate of drug-likeness (QED) is 0.579. The van der Waals surface area contributed by atoms with Crippen LogP contribution in [0.1, 0.15) is 38.5 Å². The lowest BCUT2D eigenvalue weighted by atomic mass is 9.94. The van der Waals surface area contributed by atoms with Gasteiger partial charge in [0.2, 0.25) is 5.28 Å². The summed E-state index contributed by atoms with van der Waals surface area (Å²) in [5.41, 5.74) is 5.53. The SMILES string of the molecule is Nc1cnc(Cl)nc1NCC1(O)CCCCCC1. The van der Waals surface area contributed by atoms with Crippen molar-refractivity contribution >= 4 is 23.1 Å². The molecule has 0 amide bonds. The van der Waals surface area contributed by atoms with Crippen LogP contribution in [-0.2, 0) is 0 Å². The predicted octanol–water partition coefficient (Wildman–Crippen LogP) is 2.21. The molecule has 1 heterocycles. The Morgan fingerprint density at radius 1 is 1.33 bits per heavy atom. The van der Waals surface area contributed by atoms with Crippen LogP contribution in [0.25, 0.3) is 0 Å². The Kier molecular flexibility index (Phi) is 4.24. The molecule has 0 unspecified atom stereocenters. The molecule has 0 radical (unpaired) electrons. The number of halogens is 1. The summed E-state index contributed by atoms with van der Waals surface area (Å²) in [6.45, 7) is 0.449. The van der Waals surface area contributed by atoms with Gasteiger partial charge in [0, 0.05) is 6.54 Å². The van der Waals surface area contributed by atoms with Gasteiger partial charge in [-0.1, -0.05) is 25.7 Å². The average Bonchev–Trinajstić information content (AvgIpc) is 2.56. The number of aromatic nitrogens is 2. The topological polar surface area (TPSA) is 84.1 Å². The maximum absolute atomic E-state index is 10.5. The summed E-state index contributed by atoms with van der Waals surface area (Å²) in [5, 5.41) is 13.7. The number of aliphatic hydroxyl groups is 1. The van der Waals surface area contributed by atoms with Gasteiger partial charge in [-0.3, -0.25) is 0 Å². The molecule has 18 heavy (non-hydrogen) atoms. The molecule has 1 aliphatic carbocycles. The predicted molar refractivity (Wildman–Crippen MR) is 72.6 cm³/mol. The highest BCUT2D eigenvalue weighted by Crippen LogP contribution is 2.27. The van der Waals surface area contributed by atoms with E-state index in [1.807, 2.05) is 0 Å². The van der Waals surface area contributed by atoms with E-state index >= 15 is 0 Å². The van der Waals surface area contributed by atoms with Gasteiger partial charge in [0.25, 0.3) is 0 Å². The molecule has 1 saturated carbocycles. The lowest BCUT2D eigenvalue weighted by Crippen LogP contribution is -2.36. The number of anilines is 2. The fourth-order valence-electron chi connectivity index (χ4n) is 2.32. The van der Waals surface area contributed by atoms with Gasteiger partial charge in [0.15, 0.2) is 5.82 Å². The first kappa shape index (κ1) is 13.4. The van der Waals surface area contributed by atoms with Crippen molar-refractivity contribution < 1.29 is 5.11 Å². The van der Waals surface area contributed by atoms with Gasteiger partial charge in [-0.2, -0.15) is 4.98 Å². The fourth-order valence-corrected chi connectivity index (χ4v) is 2.46. The van der Waals surface area contributed by atoms with Crippen LogP contribution in [0.4, 0.5) is 11.5 Å². The number of nitrogens with one attached hydrogen (secondary N) is 1. The van der Waals surface area contributed by atoms with Crippen molar-refractivity contribution in [3.8, 4) is 0 Å². The average molecular weight is 271 g/mol. The maximum Gasteiger partial charge on any atom is 0.224 e. The third kappa shape index (κ3) is 3.46. The van der Waals surface area contributed by atoms with Gasteiger partial charge in [0.1, 0.15) is 0 Å². The summed E-state index contributed by atoms with van der Waals surface area (Å²) < 4.78 is 0. The van der Waals surface area contributed by atoms with Crippen LogP contribution in [0, 0.1) is 0 Å². The highest BCUT2D eigenvalue weighted by atomic mass is 35.5. The first-order valence-electron chi connectivity index (χ1n) is 6.33. The van der Waals surface area contributed by atoms with E-state index in [4.69, 9.17) is 17.3 Å². The van der Waals surface area contributed by atoms with Crippen LogP contribution in [0.3, 0.4) is 0 Å². The number of nitrogens with two attached hydrogens (primary N) is 1. The molecule has 0 bridgehead atoms. The second-order valence-corrected chi connectivity index (χ2v) is 5.27. The van der Waals surface area contributed by atoms with E-state index in [0.29, 0.717) is 18.1 Å². The number of hydrogen-bond donors (Lipinski definition) is 3. The molecule has 1 fully saturated rings. The minimum Gasteiger partial charge on any atom is -0.394 e. The third-order valence-electron chi connectivity index (χ3n) is 3.41. The molecular weight excluding hydrogens is 252 g/mol. The van der Waals surface area contributed by atoms with Gasteiger partial charge >= 0.3 is 0 Å². The second-order valence-electron chi connectivity index (χ2n) is 4.94. The molecule has 100 valence electrons. The summed E-state index contributed by atoms with van der Waals surface area (Å²) in [7, 11) is 0. The van der Waals surface area contributed by atoms with Crippen molar-refractivity contribution in [3.05, 3.63) is 11.5 Å². The Morgan fingerprint density at radius 2 is 2.00 bits per heavy atom. The molecule has 0 saturated heterocycles. The zero-order valence-corrected chi connectivity index (χ0v) is 11.1. The van der Waals surface area contributed by atoms with Crippen molar-refractivity contribution in [2.75, 3.05) is 17.6 Å². The fraction of sp³-hybridized carbons (Fsp3) is 0.667. The number of rotatable bonds is 3. The molecule has 1 aliphatic rings. The van der Waals surface area contributed by atoms with Gasteiger partial charge in [0.05, 0.1) is 17.5 Å².